The minimum Gasteiger partial charge on any atom is -0.373 e. The van der Waals surface area contributed by atoms with Gasteiger partial charge in [-0.15, -0.1) is 0 Å². The molecule has 0 N–H and O–H groups in total. The Morgan fingerprint density at radius 3 is 2.55 bits per heavy atom. The predicted octanol–water partition coefficient (Wildman–Crippen LogP) is -1.53. The molecule has 2 aliphatic rings. The van der Waals surface area contributed by atoms with E-state index in [1.165, 1.54) is 11.6 Å². The van der Waals surface area contributed by atoms with Crippen LogP contribution in [0.5, 0.6) is 0 Å². The predicted molar refractivity (Wildman–Crippen MR) is 80.0 cm³/mol. The molecule has 0 aromatic carbocycles. The fourth-order valence-electron chi connectivity index (χ4n) is 3.33. The van der Waals surface area contributed by atoms with E-state index in [1.54, 1.807) is 7.05 Å². The molecule has 8 nitrogen and oxygen atoms in total. The molecule has 0 bridgehead atoms. The second kappa shape index (κ2) is 5.26. The third-order valence-electron chi connectivity index (χ3n) is 4.62. The van der Waals surface area contributed by atoms with Gasteiger partial charge in [-0.2, -0.15) is 5.26 Å². The van der Waals surface area contributed by atoms with E-state index < -0.39 is 11.2 Å². The highest BCUT2D eigenvalue weighted by Gasteiger charge is 2.40. The van der Waals surface area contributed by atoms with Crippen molar-refractivity contribution < 1.29 is 4.74 Å². The van der Waals surface area contributed by atoms with Crippen LogP contribution < -0.4 is 16.1 Å². The number of aromatic nitrogens is 2. The maximum atomic E-state index is 12.2. The van der Waals surface area contributed by atoms with Gasteiger partial charge in [0.15, 0.2) is 5.56 Å². The molecule has 2 saturated heterocycles. The molecule has 0 aliphatic carbocycles. The van der Waals surface area contributed by atoms with E-state index in [1.807, 2.05) is 18.0 Å². The normalized spacial score (nSPS) is 25.1. The first-order chi connectivity index (χ1) is 10.5. The van der Waals surface area contributed by atoms with Crippen LogP contribution in [0.1, 0.15) is 5.56 Å². The number of nitrogens with zero attached hydrogens (tertiary/aromatic N) is 5. The van der Waals surface area contributed by atoms with E-state index in [0.717, 1.165) is 11.1 Å². The smallest absolute Gasteiger partial charge is 0.332 e. The van der Waals surface area contributed by atoms with Crippen LogP contribution in [0.15, 0.2) is 9.59 Å². The fraction of sp³-hybridized carbons (Fsp3) is 0.643. The minimum absolute atomic E-state index is 0.00546. The summed E-state index contributed by atoms with van der Waals surface area (Å²) in [5, 5.41) is 9.36. The summed E-state index contributed by atoms with van der Waals surface area (Å²) in [7, 11) is 5.01. The highest BCUT2D eigenvalue weighted by molar-refractivity contribution is 5.54. The number of morpholine rings is 1. The van der Waals surface area contributed by atoms with Crippen molar-refractivity contribution in [2.24, 2.45) is 14.1 Å². The van der Waals surface area contributed by atoms with Crippen molar-refractivity contribution in [3.05, 3.63) is 26.4 Å². The lowest BCUT2D eigenvalue weighted by Gasteiger charge is -2.33. The zero-order valence-corrected chi connectivity index (χ0v) is 12.9. The van der Waals surface area contributed by atoms with Gasteiger partial charge in [0, 0.05) is 33.7 Å². The molecule has 0 radical (unpaired) electrons. The summed E-state index contributed by atoms with van der Waals surface area (Å²) in [5.41, 5.74) is -0.973. The van der Waals surface area contributed by atoms with Crippen molar-refractivity contribution in [2.75, 3.05) is 38.2 Å². The SMILES string of the molecule is CN1CCOC2CN(c3c(C#N)c(=O)n(C)c(=O)n3C)CC21. The first-order valence-corrected chi connectivity index (χ1v) is 7.22. The summed E-state index contributed by atoms with van der Waals surface area (Å²) >= 11 is 0. The summed E-state index contributed by atoms with van der Waals surface area (Å²) in [4.78, 5) is 28.5. The highest BCUT2D eigenvalue weighted by atomic mass is 16.5. The molecule has 22 heavy (non-hydrogen) atoms. The van der Waals surface area contributed by atoms with Crippen LogP contribution >= 0.6 is 0 Å². The van der Waals surface area contributed by atoms with Gasteiger partial charge in [0.1, 0.15) is 11.9 Å². The quantitative estimate of drug-likeness (QED) is 0.626. The summed E-state index contributed by atoms with van der Waals surface area (Å²) in [6, 6.07) is 2.16. The summed E-state index contributed by atoms with van der Waals surface area (Å²) in [6.45, 7) is 2.74. The Labute approximate surface area is 127 Å². The third kappa shape index (κ3) is 2.05. The molecule has 0 amide bonds. The van der Waals surface area contributed by atoms with E-state index >= 15 is 0 Å². The Bertz CT molecular complexity index is 759. The lowest BCUT2D eigenvalue weighted by atomic mass is 10.1. The van der Waals surface area contributed by atoms with Crippen LogP contribution in [0.25, 0.3) is 0 Å². The van der Waals surface area contributed by atoms with Crippen molar-refractivity contribution in [2.45, 2.75) is 12.1 Å². The van der Waals surface area contributed by atoms with Gasteiger partial charge in [0.05, 0.1) is 18.8 Å². The van der Waals surface area contributed by atoms with Gasteiger partial charge in [-0.25, -0.2) is 4.79 Å². The largest absolute Gasteiger partial charge is 0.373 e. The number of hydrogen-bond donors (Lipinski definition) is 0. The molecule has 1 aromatic rings. The molecular formula is C14H19N5O3. The van der Waals surface area contributed by atoms with Crippen LogP contribution in [0.3, 0.4) is 0 Å². The van der Waals surface area contributed by atoms with Crippen molar-refractivity contribution >= 4 is 5.82 Å². The van der Waals surface area contributed by atoms with Crippen LogP contribution in [0.4, 0.5) is 5.82 Å². The zero-order valence-electron chi connectivity index (χ0n) is 12.9. The summed E-state index contributed by atoms with van der Waals surface area (Å²) < 4.78 is 8.12. The molecule has 1 aromatic heterocycles. The number of anilines is 1. The Kier molecular flexibility index (Phi) is 3.54. The fourth-order valence-corrected chi connectivity index (χ4v) is 3.33. The first-order valence-electron chi connectivity index (χ1n) is 7.22. The van der Waals surface area contributed by atoms with E-state index in [0.29, 0.717) is 25.5 Å². The lowest BCUT2D eigenvalue weighted by molar-refractivity contribution is -0.0362. The van der Waals surface area contributed by atoms with Gasteiger partial charge in [0.25, 0.3) is 5.56 Å². The second-order valence-electron chi connectivity index (χ2n) is 5.88. The molecule has 3 rings (SSSR count). The number of ether oxygens (including phenoxy) is 1. The average molecular weight is 305 g/mol. The van der Waals surface area contributed by atoms with Gasteiger partial charge in [-0.3, -0.25) is 18.8 Å². The number of likely N-dealkylation sites (N-methyl/N-ethyl adjacent to an activating group) is 1. The van der Waals surface area contributed by atoms with Crippen LogP contribution in [-0.2, 0) is 18.8 Å². The molecule has 0 saturated carbocycles. The maximum absolute atomic E-state index is 12.2. The van der Waals surface area contributed by atoms with Gasteiger partial charge in [-0.1, -0.05) is 0 Å². The van der Waals surface area contributed by atoms with Crippen LogP contribution in [-0.4, -0.2) is 59.5 Å². The number of nitriles is 1. The Morgan fingerprint density at radius 1 is 1.18 bits per heavy atom. The van der Waals surface area contributed by atoms with Gasteiger partial charge in [-0.05, 0) is 7.05 Å². The molecule has 8 heteroatoms. The molecule has 118 valence electrons. The van der Waals surface area contributed by atoms with Crippen molar-refractivity contribution in [1.29, 1.82) is 5.26 Å². The minimum atomic E-state index is -0.551. The molecule has 2 atom stereocenters. The zero-order chi connectivity index (χ0) is 16.0. The Hall–Kier alpha value is -2.11. The Morgan fingerprint density at radius 2 is 1.91 bits per heavy atom. The Balaban J connectivity index is 2.09. The van der Waals surface area contributed by atoms with E-state index in [4.69, 9.17) is 4.74 Å². The first kappa shape index (κ1) is 14.8. The average Bonchev–Trinajstić information content (AvgIpc) is 2.93. The lowest BCUT2D eigenvalue weighted by Crippen LogP contribution is -2.48. The molecular weight excluding hydrogens is 286 g/mol. The molecule has 2 fully saturated rings. The number of rotatable bonds is 1. The van der Waals surface area contributed by atoms with Gasteiger partial charge >= 0.3 is 5.69 Å². The van der Waals surface area contributed by atoms with Crippen molar-refractivity contribution in [3.8, 4) is 6.07 Å². The summed E-state index contributed by atoms with van der Waals surface area (Å²) in [5.74, 6) is 0.391. The maximum Gasteiger partial charge on any atom is 0.332 e. The highest BCUT2D eigenvalue weighted by Crippen LogP contribution is 2.26. The van der Waals surface area contributed by atoms with Crippen molar-refractivity contribution in [3.63, 3.8) is 0 Å². The van der Waals surface area contributed by atoms with Crippen LogP contribution in [0.2, 0.25) is 0 Å². The second-order valence-corrected chi connectivity index (χ2v) is 5.88. The van der Waals surface area contributed by atoms with E-state index in [2.05, 4.69) is 4.90 Å². The molecule has 2 unspecified atom stereocenters. The number of fused-ring (bicyclic) bond motifs is 1. The van der Waals surface area contributed by atoms with E-state index in [9.17, 15) is 14.9 Å². The summed E-state index contributed by atoms with van der Waals surface area (Å²) in [6.07, 6.45) is 0.0319. The molecule has 2 aliphatic heterocycles. The number of hydrogen-bond acceptors (Lipinski definition) is 6. The van der Waals surface area contributed by atoms with E-state index in [-0.39, 0.29) is 17.7 Å². The molecule has 0 spiro atoms. The topological polar surface area (TPSA) is 83.5 Å². The monoisotopic (exact) mass is 305 g/mol. The van der Waals surface area contributed by atoms with Gasteiger partial charge < -0.3 is 9.64 Å². The van der Waals surface area contributed by atoms with Crippen LogP contribution in [0, 0.1) is 11.3 Å². The van der Waals surface area contributed by atoms with Crippen molar-refractivity contribution in [1.82, 2.24) is 14.0 Å². The molecule has 3 heterocycles. The third-order valence-corrected chi connectivity index (χ3v) is 4.62. The standard InChI is InChI=1S/C14H19N5O3/c1-16-4-5-22-11-8-19(7-10(11)16)12-9(6-15)13(20)18(3)14(21)17(12)2/h10-11H,4-5,7-8H2,1-3H3. The van der Waals surface area contributed by atoms with Gasteiger partial charge in [0.2, 0.25) is 0 Å².